The number of benzene rings is 1. The van der Waals surface area contributed by atoms with Crippen molar-refractivity contribution in [3.05, 3.63) is 18.2 Å². The second-order valence-electron chi connectivity index (χ2n) is 6.35. The third-order valence-corrected chi connectivity index (χ3v) is 4.81. The molecule has 0 radical (unpaired) electrons. The maximum absolute atomic E-state index is 12.6. The van der Waals surface area contributed by atoms with Crippen molar-refractivity contribution in [2.45, 2.75) is 25.3 Å². The Morgan fingerprint density at radius 3 is 2.60 bits per heavy atom. The molecule has 1 aromatic carbocycles. The van der Waals surface area contributed by atoms with Crippen molar-refractivity contribution in [2.24, 2.45) is 5.92 Å². The van der Waals surface area contributed by atoms with Gasteiger partial charge in [-0.3, -0.25) is 9.59 Å². The maximum Gasteiger partial charge on any atom is 0.229 e. The second kappa shape index (κ2) is 7.74. The number of methoxy groups -OCH3 is 2. The molecule has 2 aliphatic heterocycles. The van der Waals surface area contributed by atoms with Crippen LogP contribution in [0.1, 0.15) is 19.3 Å². The van der Waals surface area contributed by atoms with Gasteiger partial charge in [0, 0.05) is 44.0 Å². The van der Waals surface area contributed by atoms with E-state index < -0.39 is 0 Å². The van der Waals surface area contributed by atoms with E-state index in [1.165, 1.54) is 0 Å². The van der Waals surface area contributed by atoms with Crippen molar-refractivity contribution in [2.75, 3.05) is 39.3 Å². The van der Waals surface area contributed by atoms with Crippen LogP contribution in [0.15, 0.2) is 18.2 Å². The number of anilines is 1. The van der Waals surface area contributed by atoms with Crippen LogP contribution < -0.4 is 14.8 Å². The number of ether oxygens (including phenoxy) is 3. The highest BCUT2D eigenvalue weighted by molar-refractivity contribution is 5.97. The fraction of sp³-hybridized carbons (Fsp3) is 0.556. The monoisotopic (exact) mass is 348 g/mol. The number of hydrogen-bond donors (Lipinski definition) is 1. The number of carbonyl (C=O) groups excluding carboxylic acids is 2. The Balaban J connectivity index is 1.63. The average Bonchev–Trinajstić information content (AvgIpc) is 3.04. The van der Waals surface area contributed by atoms with Crippen molar-refractivity contribution in [3.8, 4) is 11.5 Å². The minimum Gasteiger partial charge on any atom is -0.493 e. The van der Waals surface area contributed by atoms with E-state index in [-0.39, 0.29) is 30.2 Å². The van der Waals surface area contributed by atoms with Gasteiger partial charge in [-0.05, 0) is 25.0 Å². The summed E-state index contributed by atoms with van der Waals surface area (Å²) in [5.41, 5.74) is 0.625. The van der Waals surface area contributed by atoms with E-state index in [1.54, 1.807) is 32.4 Å². The SMILES string of the molecule is COc1ccc(NC(=O)C2CC(=O)N(C3CCOCC3)C2)cc1OC. The number of nitrogens with zero attached hydrogens (tertiary/aromatic N) is 1. The third-order valence-electron chi connectivity index (χ3n) is 4.81. The summed E-state index contributed by atoms with van der Waals surface area (Å²) in [5.74, 6) is 0.729. The lowest BCUT2D eigenvalue weighted by Gasteiger charge is -2.31. The molecule has 25 heavy (non-hydrogen) atoms. The molecule has 2 aliphatic rings. The highest BCUT2D eigenvalue weighted by atomic mass is 16.5. The largest absolute Gasteiger partial charge is 0.493 e. The van der Waals surface area contributed by atoms with Gasteiger partial charge in [-0.15, -0.1) is 0 Å². The molecule has 0 aliphatic carbocycles. The molecule has 0 saturated carbocycles. The first kappa shape index (κ1) is 17.5. The Hall–Kier alpha value is -2.28. The van der Waals surface area contributed by atoms with Crippen LogP contribution in [0, 0.1) is 5.92 Å². The summed E-state index contributed by atoms with van der Waals surface area (Å²) in [7, 11) is 3.11. The van der Waals surface area contributed by atoms with E-state index >= 15 is 0 Å². The van der Waals surface area contributed by atoms with Gasteiger partial charge in [0.1, 0.15) is 0 Å². The Morgan fingerprint density at radius 1 is 1.20 bits per heavy atom. The Kier molecular flexibility index (Phi) is 5.43. The van der Waals surface area contributed by atoms with Gasteiger partial charge in [-0.2, -0.15) is 0 Å². The molecule has 2 amide bonds. The number of amides is 2. The van der Waals surface area contributed by atoms with E-state index in [0.717, 1.165) is 12.8 Å². The summed E-state index contributed by atoms with van der Waals surface area (Å²) in [6.45, 7) is 1.83. The summed E-state index contributed by atoms with van der Waals surface area (Å²) < 4.78 is 15.8. The summed E-state index contributed by atoms with van der Waals surface area (Å²) >= 11 is 0. The first-order valence-electron chi connectivity index (χ1n) is 8.52. The number of rotatable bonds is 5. The van der Waals surface area contributed by atoms with E-state index in [9.17, 15) is 9.59 Å². The molecule has 1 aromatic rings. The predicted molar refractivity (Wildman–Crippen MR) is 91.8 cm³/mol. The van der Waals surface area contributed by atoms with Gasteiger partial charge >= 0.3 is 0 Å². The highest BCUT2D eigenvalue weighted by Crippen LogP contribution is 2.31. The lowest BCUT2D eigenvalue weighted by atomic mass is 10.1. The molecule has 7 heteroatoms. The highest BCUT2D eigenvalue weighted by Gasteiger charge is 2.38. The van der Waals surface area contributed by atoms with Crippen LogP contribution in [0.5, 0.6) is 11.5 Å². The van der Waals surface area contributed by atoms with Crippen molar-refractivity contribution in [3.63, 3.8) is 0 Å². The van der Waals surface area contributed by atoms with E-state index in [1.807, 2.05) is 4.90 Å². The topological polar surface area (TPSA) is 77.1 Å². The zero-order chi connectivity index (χ0) is 17.8. The molecule has 1 N–H and O–H groups in total. The van der Waals surface area contributed by atoms with Crippen LogP contribution in [0.2, 0.25) is 0 Å². The minimum atomic E-state index is -0.330. The van der Waals surface area contributed by atoms with Gasteiger partial charge in [-0.25, -0.2) is 0 Å². The van der Waals surface area contributed by atoms with Crippen LogP contribution in [0.4, 0.5) is 5.69 Å². The van der Waals surface area contributed by atoms with Crippen molar-refractivity contribution in [1.82, 2.24) is 4.90 Å². The van der Waals surface area contributed by atoms with Crippen LogP contribution >= 0.6 is 0 Å². The number of nitrogens with one attached hydrogen (secondary N) is 1. The van der Waals surface area contributed by atoms with Gasteiger partial charge in [0.25, 0.3) is 0 Å². The molecular weight excluding hydrogens is 324 g/mol. The van der Waals surface area contributed by atoms with E-state index in [2.05, 4.69) is 5.32 Å². The molecular formula is C18H24N2O5. The minimum absolute atomic E-state index is 0.0550. The fourth-order valence-electron chi connectivity index (χ4n) is 3.42. The van der Waals surface area contributed by atoms with Gasteiger partial charge in [0.15, 0.2) is 11.5 Å². The number of carbonyl (C=O) groups is 2. The standard InChI is InChI=1S/C18H24N2O5/c1-23-15-4-3-13(10-16(15)24-2)19-18(22)12-9-17(21)20(11-12)14-5-7-25-8-6-14/h3-4,10,12,14H,5-9,11H2,1-2H3,(H,19,22). The lowest BCUT2D eigenvalue weighted by molar-refractivity contribution is -0.131. The smallest absolute Gasteiger partial charge is 0.229 e. The van der Waals surface area contributed by atoms with Crippen LogP contribution in [-0.2, 0) is 14.3 Å². The zero-order valence-electron chi connectivity index (χ0n) is 14.6. The molecule has 2 heterocycles. The van der Waals surface area contributed by atoms with Gasteiger partial charge in [-0.1, -0.05) is 0 Å². The van der Waals surface area contributed by atoms with Gasteiger partial charge in [0.05, 0.1) is 20.1 Å². The predicted octanol–water partition coefficient (Wildman–Crippen LogP) is 1.67. The average molecular weight is 348 g/mol. The molecule has 136 valence electrons. The van der Waals surface area contributed by atoms with E-state index in [0.29, 0.717) is 36.9 Å². The van der Waals surface area contributed by atoms with Crippen LogP contribution in [0.25, 0.3) is 0 Å². The van der Waals surface area contributed by atoms with Crippen molar-refractivity contribution in [1.29, 1.82) is 0 Å². The quantitative estimate of drug-likeness (QED) is 0.876. The third kappa shape index (κ3) is 3.87. The molecule has 3 rings (SSSR count). The van der Waals surface area contributed by atoms with Crippen LogP contribution in [0.3, 0.4) is 0 Å². The van der Waals surface area contributed by atoms with Gasteiger partial charge < -0.3 is 24.4 Å². The molecule has 1 unspecified atom stereocenters. The Morgan fingerprint density at radius 2 is 1.92 bits per heavy atom. The molecule has 1 atom stereocenters. The molecule has 0 spiro atoms. The fourth-order valence-corrected chi connectivity index (χ4v) is 3.42. The lowest BCUT2D eigenvalue weighted by Crippen LogP contribution is -2.41. The number of likely N-dealkylation sites (tertiary alicyclic amines) is 1. The van der Waals surface area contributed by atoms with Crippen molar-refractivity contribution >= 4 is 17.5 Å². The molecule has 2 fully saturated rings. The first-order valence-corrected chi connectivity index (χ1v) is 8.52. The van der Waals surface area contributed by atoms with Crippen molar-refractivity contribution < 1.29 is 23.8 Å². The molecule has 2 saturated heterocycles. The number of hydrogen-bond acceptors (Lipinski definition) is 5. The molecule has 0 aromatic heterocycles. The second-order valence-corrected chi connectivity index (χ2v) is 6.35. The van der Waals surface area contributed by atoms with E-state index in [4.69, 9.17) is 14.2 Å². The summed E-state index contributed by atoms with van der Waals surface area (Å²) in [4.78, 5) is 26.7. The normalized spacial score (nSPS) is 21.3. The summed E-state index contributed by atoms with van der Waals surface area (Å²) in [6, 6.07) is 5.40. The summed E-state index contributed by atoms with van der Waals surface area (Å²) in [5, 5.41) is 2.88. The zero-order valence-corrected chi connectivity index (χ0v) is 14.6. The summed E-state index contributed by atoms with van der Waals surface area (Å²) in [6.07, 6.45) is 1.95. The maximum atomic E-state index is 12.6. The Labute approximate surface area is 147 Å². The molecule has 7 nitrogen and oxygen atoms in total. The molecule has 0 bridgehead atoms. The van der Waals surface area contributed by atoms with Gasteiger partial charge in [0.2, 0.25) is 11.8 Å². The Bertz CT molecular complexity index is 642. The first-order chi connectivity index (χ1) is 12.1. The van der Waals surface area contributed by atoms with Crippen LogP contribution in [-0.4, -0.2) is 56.7 Å².